The lowest BCUT2D eigenvalue weighted by Crippen LogP contribution is -2.07. The Bertz CT molecular complexity index is 374. The Morgan fingerprint density at radius 2 is 2.23 bits per heavy atom. The summed E-state index contributed by atoms with van der Waals surface area (Å²) in [6, 6.07) is 1.57. The van der Waals surface area contributed by atoms with Crippen molar-refractivity contribution >= 4 is 11.6 Å². The molecule has 0 amide bonds. The van der Waals surface area contributed by atoms with Crippen LogP contribution < -0.4 is 0 Å². The minimum absolute atomic E-state index is 0.0949. The summed E-state index contributed by atoms with van der Waals surface area (Å²) in [7, 11) is 0. The lowest BCUT2D eigenvalue weighted by atomic mass is 9.97. The number of Topliss-reactive ketones (excluding diaryl/α,β-unsaturated/α-hetero) is 2. The second-order valence-corrected chi connectivity index (χ2v) is 3.28. The van der Waals surface area contributed by atoms with Crippen LogP contribution in [0.15, 0.2) is 10.5 Å². The maximum absolute atomic E-state index is 11.4. The molecule has 1 aliphatic rings. The third-order valence-corrected chi connectivity index (χ3v) is 2.26. The summed E-state index contributed by atoms with van der Waals surface area (Å²) in [5.41, 5.74) is 0.608. The van der Waals surface area contributed by atoms with Crippen LogP contribution in [0.25, 0.3) is 0 Å². The van der Waals surface area contributed by atoms with Crippen LogP contribution in [-0.4, -0.2) is 11.6 Å². The summed E-state index contributed by atoms with van der Waals surface area (Å²) < 4.78 is 5.27. The highest BCUT2D eigenvalue weighted by Gasteiger charge is 2.22. The number of carbonyl (C=O) groups is 2. The van der Waals surface area contributed by atoms with Gasteiger partial charge in [-0.2, -0.15) is 0 Å². The molecule has 0 aliphatic heterocycles. The van der Waals surface area contributed by atoms with Crippen molar-refractivity contribution in [3.8, 4) is 0 Å². The van der Waals surface area contributed by atoms with Crippen LogP contribution in [-0.2, 0) is 6.42 Å². The maximum Gasteiger partial charge on any atom is 0.194 e. The van der Waals surface area contributed by atoms with Gasteiger partial charge in [0.25, 0.3) is 0 Å². The zero-order valence-corrected chi connectivity index (χ0v) is 7.42. The largest absolute Gasteiger partial charge is 0.457 e. The van der Waals surface area contributed by atoms with Crippen molar-refractivity contribution in [2.75, 3.05) is 0 Å². The number of carbonyl (C=O) groups excluding carboxylic acids is 2. The van der Waals surface area contributed by atoms with Gasteiger partial charge >= 0.3 is 0 Å². The minimum Gasteiger partial charge on any atom is -0.457 e. The van der Waals surface area contributed by atoms with Gasteiger partial charge in [0.1, 0.15) is 5.76 Å². The third kappa shape index (κ3) is 1.30. The molecule has 2 rings (SSSR count). The second-order valence-electron chi connectivity index (χ2n) is 3.28. The van der Waals surface area contributed by atoms with Crippen molar-refractivity contribution in [2.45, 2.75) is 26.2 Å². The highest BCUT2D eigenvalue weighted by Crippen LogP contribution is 2.24. The minimum atomic E-state index is -0.123. The molecule has 0 saturated carbocycles. The van der Waals surface area contributed by atoms with E-state index >= 15 is 0 Å². The molecule has 3 heteroatoms. The Kier molecular flexibility index (Phi) is 1.79. The van der Waals surface area contributed by atoms with Crippen molar-refractivity contribution in [1.82, 2.24) is 0 Å². The van der Waals surface area contributed by atoms with Gasteiger partial charge in [0.2, 0.25) is 0 Å². The van der Waals surface area contributed by atoms with Crippen LogP contribution in [0, 0.1) is 0 Å². The van der Waals surface area contributed by atoms with E-state index in [1.54, 1.807) is 6.07 Å². The first-order chi connectivity index (χ1) is 6.18. The predicted molar refractivity (Wildman–Crippen MR) is 46.0 cm³/mol. The SMILES string of the molecule is CC(=O)c1cc2c(o1)CCCC2=O. The topological polar surface area (TPSA) is 47.3 Å². The van der Waals surface area contributed by atoms with Gasteiger partial charge in [0.15, 0.2) is 17.3 Å². The molecule has 0 spiro atoms. The summed E-state index contributed by atoms with van der Waals surface area (Å²) >= 11 is 0. The summed E-state index contributed by atoms with van der Waals surface area (Å²) in [5.74, 6) is 0.960. The first-order valence-corrected chi connectivity index (χ1v) is 4.35. The lowest BCUT2D eigenvalue weighted by molar-refractivity contribution is 0.0961. The van der Waals surface area contributed by atoms with E-state index in [2.05, 4.69) is 0 Å². The molecule has 0 aromatic carbocycles. The van der Waals surface area contributed by atoms with Gasteiger partial charge in [0.05, 0.1) is 5.56 Å². The Hall–Kier alpha value is -1.38. The number of fused-ring (bicyclic) bond motifs is 1. The van der Waals surface area contributed by atoms with Crippen molar-refractivity contribution in [3.05, 3.63) is 23.2 Å². The quantitative estimate of drug-likeness (QED) is 0.618. The summed E-state index contributed by atoms with van der Waals surface area (Å²) in [4.78, 5) is 22.3. The van der Waals surface area contributed by atoms with Crippen LogP contribution in [0.1, 0.15) is 46.4 Å². The normalized spacial score (nSPS) is 15.6. The van der Waals surface area contributed by atoms with Crippen molar-refractivity contribution < 1.29 is 14.0 Å². The van der Waals surface area contributed by atoms with Gasteiger partial charge in [0, 0.05) is 19.8 Å². The fraction of sp³-hybridized carbons (Fsp3) is 0.400. The van der Waals surface area contributed by atoms with E-state index in [0.717, 1.165) is 12.8 Å². The monoisotopic (exact) mass is 178 g/mol. The molecule has 3 nitrogen and oxygen atoms in total. The number of aryl methyl sites for hydroxylation is 1. The van der Waals surface area contributed by atoms with E-state index in [1.165, 1.54) is 6.92 Å². The maximum atomic E-state index is 11.4. The molecule has 0 unspecified atom stereocenters. The molecule has 1 aliphatic carbocycles. The van der Waals surface area contributed by atoms with E-state index < -0.39 is 0 Å². The Balaban J connectivity index is 2.48. The van der Waals surface area contributed by atoms with E-state index in [1.807, 2.05) is 0 Å². The number of hydrogen-bond donors (Lipinski definition) is 0. The molecule has 68 valence electrons. The van der Waals surface area contributed by atoms with Crippen LogP contribution >= 0.6 is 0 Å². The lowest BCUT2D eigenvalue weighted by Gasteiger charge is -2.06. The van der Waals surface area contributed by atoms with Gasteiger partial charge in [-0.15, -0.1) is 0 Å². The van der Waals surface area contributed by atoms with E-state index in [9.17, 15) is 9.59 Å². The van der Waals surface area contributed by atoms with Crippen LogP contribution in [0.4, 0.5) is 0 Å². The van der Waals surface area contributed by atoms with Gasteiger partial charge in [-0.1, -0.05) is 0 Å². The fourth-order valence-corrected chi connectivity index (χ4v) is 1.57. The van der Waals surface area contributed by atoms with E-state index in [-0.39, 0.29) is 11.6 Å². The van der Waals surface area contributed by atoms with Gasteiger partial charge < -0.3 is 4.42 Å². The predicted octanol–water partition coefficient (Wildman–Crippen LogP) is 2.00. The molecule has 1 aromatic rings. The Labute approximate surface area is 75.7 Å². The summed E-state index contributed by atoms with van der Waals surface area (Å²) in [6.07, 6.45) is 2.18. The van der Waals surface area contributed by atoms with E-state index in [0.29, 0.717) is 23.5 Å². The number of furan rings is 1. The number of rotatable bonds is 1. The average molecular weight is 178 g/mol. The molecule has 0 fully saturated rings. The number of ketones is 2. The molecule has 0 atom stereocenters. The molecule has 0 N–H and O–H groups in total. The fourth-order valence-electron chi connectivity index (χ4n) is 1.57. The smallest absolute Gasteiger partial charge is 0.194 e. The summed E-state index contributed by atoms with van der Waals surface area (Å²) in [6.45, 7) is 1.44. The molecule has 1 aromatic heterocycles. The zero-order chi connectivity index (χ0) is 9.42. The van der Waals surface area contributed by atoms with Crippen LogP contribution in [0.5, 0.6) is 0 Å². The van der Waals surface area contributed by atoms with Crippen molar-refractivity contribution in [3.63, 3.8) is 0 Å². The first-order valence-electron chi connectivity index (χ1n) is 4.35. The molecule has 1 heterocycles. The van der Waals surface area contributed by atoms with Crippen LogP contribution in [0.3, 0.4) is 0 Å². The molecular formula is C10H10O3. The molecule has 13 heavy (non-hydrogen) atoms. The third-order valence-electron chi connectivity index (χ3n) is 2.26. The van der Waals surface area contributed by atoms with Gasteiger partial charge in [-0.05, 0) is 12.5 Å². The van der Waals surface area contributed by atoms with E-state index in [4.69, 9.17) is 4.42 Å². The van der Waals surface area contributed by atoms with Crippen molar-refractivity contribution in [1.29, 1.82) is 0 Å². The summed E-state index contributed by atoms with van der Waals surface area (Å²) in [5, 5.41) is 0. The molecule has 0 bridgehead atoms. The standard InChI is InChI=1S/C10H10O3/c1-6(11)10-5-7-8(12)3-2-4-9(7)13-10/h5H,2-4H2,1H3. The van der Waals surface area contributed by atoms with Crippen LogP contribution in [0.2, 0.25) is 0 Å². The van der Waals surface area contributed by atoms with Gasteiger partial charge in [-0.3, -0.25) is 9.59 Å². The Morgan fingerprint density at radius 1 is 1.46 bits per heavy atom. The second kappa shape index (κ2) is 2.83. The molecular weight excluding hydrogens is 168 g/mol. The molecule has 0 radical (unpaired) electrons. The highest BCUT2D eigenvalue weighted by molar-refractivity contribution is 6.01. The van der Waals surface area contributed by atoms with Gasteiger partial charge in [-0.25, -0.2) is 0 Å². The first kappa shape index (κ1) is 8.23. The van der Waals surface area contributed by atoms with Crippen molar-refractivity contribution in [2.24, 2.45) is 0 Å². The molecule has 0 saturated heterocycles. The zero-order valence-electron chi connectivity index (χ0n) is 7.42. The Morgan fingerprint density at radius 3 is 2.85 bits per heavy atom. The number of hydrogen-bond acceptors (Lipinski definition) is 3. The average Bonchev–Trinajstić information content (AvgIpc) is 2.49. The highest BCUT2D eigenvalue weighted by atomic mass is 16.3.